The molecule has 0 aliphatic rings. The molecule has 1 aromatic carbocycles. The van der Waals surface area contributed by atoms with Gasteiger partial charge in [-0.15, -0.1) is 0 Å². The number of hydrogen-bond donors (Lipinski definition) is 0. The van der Waals surface area contributed by atoms with E-state index in [1.807, 2.05) is 0 Å². The van der Waals surface area contributed by atoms with Gasteiger partial charge in [-0.3, -0.25) is 4.18 Å². The fourth-order valence-electron chi connectivity index (χ4n) is 1.24. The monoisotopic (exact) mass is 344 g/mol. The van der Waals surface area contributed by atoms with E-state index in [1.165, 1.54) is 12.1 Å². The van der Waals surface area contributed by atoms with E-state index >= 15 is 0 Å². The average molecular weight is 344 g/mol. The first kappa shape index (κ1) is 16.6. The van der Waals surface area contributed by atoms with Crippen molar-refractivity contribution in [1.82, 2.24) is 0 Å². The molecule has 0 atom stereocenters. The summed E-state index contributed by atoms with van der Waals surface area (Å²) < 4.78 is 28.2. The van der Waals surface area contributed by atoms with Crippen molar-refractivity contribution in [3.05, 3.63) is 36.8 Å². The van der Waals surface area contributed by atoms with Crippen LogP contribution in [0.2, 0.25) is 0 Å². The summed E-state index contributed by atoms with van der Waals surface area (Å²) in [6.45, 7) is 6.00. The normalized spacial score (nSPS) is 10.9. The van der Waals surface area contributed by atoms with Gasteiger partial charge in [-0.1, -0.05) is 31.9 Å². The Morgan fingerprint density at radius 2 is 1.76 bits per heavy atom. The second-order valence-electron chi connectivity index (χ2n) is 3.63. The molecule has 0 saturated carbocycles. The Morgan fingerprint density at radius 3 is 2.29 bits per heavy atom. The topological polar surface area (TPSA) is 43.4 Å². The number of hydrogen-bond acceptors (Lipinski definition) is 3. The molecule has 0 aliphatic carbocycles. The molecule has 99 valence electrons. The number of rotatable bonds is 6. The first-order valence-corrected chi connectivity index (χ1v) is 6.78. The predicted octanol–water partition coefficient (Wildman–Crippen LogP) is 2.76. The maximum Gasteiger partial charge on any atom is 0.294 e. The van der Waals surface area contributed by atoms with Gasteiger partial charge in [-0.05, 0) is 6.42 Å². The van der Waals surface area contributed by atoms with Crippen LogP contribution in [0.5, 0.6) is 0 Å². The molecule has 0 spiro atoms. The van der Waals surface area contributed by atoms with Gasteiger partial charge in [0.1, 0.15) is 0 Å². The summed E-state index contributed by atoms with van der Waals surface area (Å²) in [5, 5.41) is 0. The van der Waals surface area contributed by atoms with Gasteiger partial charge in [0.15, 0.2) is 0 Å². The van der Waals surface area contributed by atoms with E-state index in [2.05, 4.69) is 13.8 Å². The molecule has 0 aromatic heterocycles. The Kier molecular flexibility index (Phi) is 7.68. The number of benzene rings is 1. The minimum Gasteiger partial charge on any atom is -0.266 e. The molecule has 0 fully saturated rings. The Labute approximate surface area is 116 Å². The zero-order valence-electron chi connectivity index (χ0n) is 9.81. The Balaban J connectivity index is 0.00000256. The summed E-state index contributed by atoms with van der Waals surface area (Å²) in [7, 11) is -3.59. The van der Waals surface area contributed by atoms with Crippen molar-refractivity contribution in [3.8, 4) is 0 Å². The number of unbranched alkanes of at least 4 members (excludes halogenated alkanes) is 2. The molecular formula is C12H17O3RhS-. The molecule has 0 amide bonds. The molecule has 1 radical (unpaired) electrons. The van der Waals surface area contributed by atoms with Crippen LogP contribution >= 0.6 is 0 Å². The molecule has 1 aromatic rings. The Hall–Kier alpha value is -0.377. The van der Waals surface area contributed by atoms with Crippen LogP contribution in [0, 0.1) is 6.92 Å². The summed E-state index contributed by atoms with van der Waals surface area (Å²) in [5.41, 5.74) is 0.782. The van der Waals surface area contributed by atoms with E-state index in [9.17, 15) is 8.42 Å². The average Bonchev–Trinajstić information content (AvgIpc) is 2.25. The van der Waals surface area contributed by atoms with Crippen molar-refractivity contribution in [2.45, 2.75) is 31.1 Å². The SMILES string of the molecule is [CH2-]c1ccc(S(=O)(=O)OCCCCC)cc1.[Rh]. The minimum absolute atomic E-state index is 0. The van der Waals surface area contributed by atoms with Gasteiger partial charge in [-0.25, -0.2) is 0 Å². The molecule has 5 heteroatoms. The molecule has 3 nitrogen and oxygen atoms in total. The van der Waals surface area contributed by atoms with Crippen molar-refractivity contribution in [2.75, 3.05) is 6.61 Å². The van der Waals surface area contributed by atoms with Gasteiger partial charge in [0.25, 0.3) is 10.1 Å². The largest absolute Gasteiger partial charge is 0.294 e. The van der Waals surface area contributed by atoms with E-state index in [0.29, 0.717) is 0 Å². The maximum atomic E-state index is 11.7. The third-order valence-corrected chi connectivity index (χ3v) is 3.52. The van der Waals surface area contributed by atoms with Gasteiger partial charge < -0.3 is 0 Å². The van der Waals surface area contributed by atoms with Crippen LogP contribution < -0.4 is 0 Å². The van der Waals surface area contributed by atoms with E-state index in [4.69, 9.17) is 4.18 Å². The zero-order valence-corrected chi connectivity index (χ0v) is 12.3. The quantitative estimate of drug-likeness (QED) is 0.345. The van der Waals surface area contributed by atoms with Crippen molar-refractivity contribution >= 4 is 10.1 Å². The van der Waals surface area contributed by atoms with Crippen molar-refractivity contribution in [1.29, 1.82) is 0 Å². The summed E-state index contributed by atoms with van der Waals surface area (Å²) >= 11 is 0. The van der Waals surface area contributed by atoms with Gasteiger partial charge in [0.05, 0.1) is 11.5 Å². The van der Waals surface area contributed by atoms with Crippen LogP contribution in [0.1, 0.15) is 31.7 Å². The molecule has 0 aliphatic heterocycles. The van der Waals surface area contributed by atoms with E-state index in [-0.39, 0.29) is 31.0 Å². The summed E-state index contributed by atoms with van der Waals surface area (Å²) in [6.07, 6.45) is 2.79. The third-order valence-electron chi connectivity index (χ3n) is 2.20. The summed E-state index contributed by atoms with van der Waals surface area (Å²) in [4.78, 5) is 0.191. The van der Waals surface area contributed by atoms with E-state index < -0.39 is 10.1 Å². The first-order chi connectivity index (χ1) is 7.56. The molecule has 0 unspecified atom stereocenters. The van der Waals surface area contributed by atoms with Crippen LogP contribution in [0.25, 0.3) is 0 Å². The third kappa shape index (κ3) is 5.67. The first-order valence-electron chi connectivity index (χ1n) is 5.37. The molecule has 17 heavy (non-hydrogen) atoms. The van der Waals surface area contributed by atoms with Crippen LogP contribution in [-0.2, 0) is 33.8 Å². The van der Waals surface area contributed by atoms with Crippen LogP contribution in [-0.4, -0.2) is 15.0 Å². The van der Waals surface area contributed by atoms with Crippen molar-refractivity contribution in [3.63, 3.8) is 0 Å². The van der Waals surface area contributed by atoms with E-state index in [0.717, 1.165) is 24.8 Å². The fraction of sp³-hybridized carbons (Fsp3) is 0.417. The fourth-order valence-corrected chi connectivity index (χ4v) is 2.19. The van der Waals surface area contributed by atoms with Crippen LogP contribution in [0.15, 0.2) is 29.2 Å². The summed E-state index contributed by atoms with van der Waals surface area (Å²) in [5.74, 6) is 0. The van der Waals surface area contributed by atoms with E-state index in [1.54, 1.807) is 12.1 Å². The Bertz CT molecular complexity index is 412. The standard InChI is InChI=1S/C12H17O3S.Rh/c1-3-4-5-10-15-16(13,14)12-8-6-11(2)7-9-12;/h6-9H,2-5,10H2,1H3;/q-1;. The molecule has 0 bridgehead atoms. The molecular weight excluding hydrogens is 327 g/mol. The molecule has 0 heterocycles. The zero-order chi connectivity index (χ0) is 12.0. The van der Waals surface area contributed by atoms with Crippen LogP contribution in [0.3, 0.4) is 0 Å². The molecule has 0 saturated heterocycles. The second-order valence-corrected chi connectivity index (χ2v) is 5.24. The van der Waals surface area contributed by atoms with Gasteiger partial charge in [0.2, 0.25) is 0 Å². The Morgan fingerprint density at radius 1 is 1.18 bits per heavy atom. The predicted molar refractivity (Wildman–Crippen MR) is 63.6 cm³/mol. The molecule has 1 rings (SSSR count). The summed E-state index contributed by atoms with van der Waals surface area (Å²) in [6, 6.07) is 6.33. The van der Waals surface area contributed by atoms with Crippen LogP contribution in [0.4, 0.5) is 0 Å². The molecule has 0 N–H and O–H groups in total. The maximum absolute atomic E-state index is 11.7. The second kappa shape index (κ2) is 7.86. The van der Waals surface area contributed by atoms with Gasteiger partial charge >= 0.3 is 0 Å². The van der Waals surface area contributed by atoms with Crippen molar-refractivity contribution < 1.29 is 32.1 Å². The minimum atomic E-state index is -3.59. The van der Waals surface area contributed by atoms with Gasteiger partial charge in [0, 0.05) is 19.5 Å². The van der Waals surface area contributed by atoms with Gasteiger partial charge in [-0.2, -0.15) is 33.0 Å². The smallest absolute Gasteiger partial charge is 0.266 e. The van der Waals surface area contributed by atoms with Crippen molar-refractivity contribution in [2.24, 2.45) is 0 Å².